The van der Waals surface area contributed by atoms with Crippen LogP contribution in [0.3, 0.4) is 0 Å². The van der Waals surface area contributed by atoms with E-state index >= 15 is 0 Å². The number of benzene rings is 1. The van der Waals surface area contributed by atoms with Crippen LogP contribution in [0.5, 0.6) is 5.88 Å². The molecule has 1 aliphatic carbocycles. The summed E-state index contributed by atoms with van der Waals surface area (Å²) < 4.78 is 21.9. The Morgan fingerprint density at radius 2 is 1.84 bits per heavy atom. The van der Waals surface area contributed by atoms with Gasteiger partial charge in [0.05, 0.1) is 17.3 Å². The van der Waals surface area contributed by atoms with Crippen LogP contribution in [-0.4, -0.2) is 74.2 Å². The molecule has 3 N–H and O–H groups in total. The second-order valence-electron chi connectivity index (χ2n) is 13.1. The zero-order valence-electron chi connectivity index (χ0n) is 26.2. The molecule has 10 nitrogen and oxygen atoms in total. The predicted molar refractivity (Wildman–Crippen MR) is 167 cm³/mol. The largest absolute Gasteiger partial charge is 0.476 e. The molecule has 44 heavy (non-hydrogen) atoms. The number of hydrogen-bond donors (Lipinski definition) is 3. The van der Waals surface area contributed by atoms with Gasteiger partial charge in [-0.15, -0.1) is 0 Å². The quantitative estimate of drug-likeness (QED) is 0.298. The minimum Gasteiger partial charge on any atom is -0.476 e. The first kappa shape index (κ1) is 31.8. The second kappa shape index (κ2) is 13.6. The van der Waals surface area contributed by atoms with E-state index in [0.717, 1.165) is 63.7 Å². The summed E-state index contributed by atoms with van der Waals surface area (Å²) in [5.74, 6) is 0.219. The van der Waals surface area contributed by atoms with Crippen LogP contribution in [-0.2, 0) is 4.79 Å². The summed E-state index contributed by atoms with van der Waals surface area (Å²) >= 11 is 0. The van der Waals surface area contributed by atoms with E-state index in [-0.39, 0.29) is 29.5 Å². The maximum Gasteiger partial charge on any atom is 0.258 e. The van der Waals surface area contributed by atoms with Crippen molar-refractivity contribution in [2.45, 2.75) is 83.9 Å². The molecule has 2 aliphatic rings. The first-order valence-corrected chi connectivity index (χ1v) is 15.8. The topological polar surface area (TPSA) is 122 Å². The van der Waals surface area contributed by atoms with Crippen LogP contribution in [0.1, 0.15) is 82.6 Å². The van der Waals surface area contributed by atoms with Gasteiger partial charge in [-0.1, -0.05) is 6.07 Å². The average molecular weight is 609 g/mol. The van der Waals surface area contributed by atoms with Crippen molar-refractivity contribution in [3.8, 4) is 5.88 Å². The highest BCUT2D eigenvalue weighted by Gasteiger charge is 2.31. The third-order valence-electron chi connectivity index (χ3n) is 8.97. The zero-order chi connectivity index (χ0) is 31.4. The molecular formula is C33H45FN6O4. The minimum atomic E-state index is -0.653. The minimum absolute atomic E-state index is 0.00164. The first-order chi connectivity index (χ1) is 21.0. The van der Waals surface area contributed by atoms with E-state index < -0.39 is 17.3 Å². The summed E-state index contributed by atoms with van der Waals surface area (Å²) in [4.78, 5) is 37.3. The summed E-state index contributed by atoms with van der Waals surface area (Å²) in [5.41, 5.74) is 0.942. The van der Waals surface area contributed by atoms with E-state index in [4.69, 9.17) is 9.72 Å². The number of rotatable bonds is 10. The van der Waals surface area contributed by atoms with Gasteiger partial charge in [-0.05, 0) is 103 Å². The number of ether oxygens (including phenoxy) is 1. The monoisotopic (exact) mass is 608 g/mol. The molecule has 0 radical (unpaired) electrons. The van der Waals surface area contributed by atoms with Crippen molar-refractivity contribution in [2.75, 3.05) is 31.6 Å². The Bertz CT molecular complexity index is 1450. The van der Waals surface area contributed by atoms with Crippen LogP contribution in [0.4, 0.5) is 10.3 Å². The number of piperidine rings is 1. The number of pyridine rings is 1. The number of anilines is 1. The molecule has 0 bridgehead atoms. The Labute approximate surface area is 258 Å². The second-order valence-corrected chi connectivity index (χ2v) is 13.1. The number of carbonyl (C=O) groups excluding carboxylic acids is 2. The van der Waals surface area contributed by atoms with Gasteiger partial charge in [0.2, 0.25) is 17.7 Å². The van der Waals surface area contributed by atoms with Gasteiger partial charge >= 0.3 is 0 Å². The number of amides is 2. The molecule has 2 amide bonds. The number of aliphatic hydroxyl groups is 1. The third kappa shape index (κ3) is 7.74. The lowest BCUT2D eigenvalue weighted by molar-refractivity contribution is -0.126. The lowest BCUT2D eigenvalue weighted by atomic mass is 9.83. The lowest BCUT2D eigenvalue weighted by Gasteiger charge is -2.37. The zero-order valence-corrected chi connectivity index (χ0v) is 26.2. The van der Waals surface area contributed by atoms with Crippen LogP contribution >= 0.6 is 0 Å². The number of fused-ring (bicyclic) bond motifs is 1. The summed E-state index contributed by atoms with van der Waals surface area (Å²) in [6.07, 6.45) is 6.48. The standard InChI is InChI=1S/C33H45FN6O4/c1-21(2)36-30(41)22-8-10-26(11-9-22)40-28-19-29(44-17-16-39-14-12-24(13-15-39)33(3,4)43)35-20-27(28)37-32(40)38-31(42)23-6-5-7-25(34)18-23/h5-7,18-22,24,26,43H,8-17H2,1-4H3,(H,36,41)(H,37,38,42). The van der Waals surface area contributed by atoms with Gasteiger partial charge in [0.25, 0.3) is 5.91 Å². The maximum atomic E-state index is 13.8. The van der Waals surface area contributed by atoms with Crippen molar-refractivity contribution in [3.05, 3.63) is 47.9 Å². The van der Waals surface area contributed by atoms with Crippen molar-refractivity contribution in [2.24, 2.45) is 11.8 Å². The number of halogens is 1. The summed E-state index contributed by atoms with van der Waals surface area (Å²) in [6.45, 7) is 10.8. The van der Waals surface area contributed by atoms with Crippen LogP contribution in [0.15, 0.2) is 36.5 Å². The van der Waals surface area contributed by atoms with Crippen molar-refractivity contribution in [1.29, 1.82) is 0 Å². The molecule has 3 aromatic rings. The fourth-order valence-electron chi connectivity index (χ4n) is 6.46. The summed E-state index contributed by atoms with van der Waals surface area (Å²) in [6, 6.07) is 7.50. The SMILES string of the molecule is CC(C)NC(=O)C1CCC(n2c(NC(=O)c3cccc(F)c3)nc3cnc(OCCN4CCC(C(C)(C)O)CC4)cc32)CC1. The molecular weight excluding hydrogens is 563 g/mol. The fraction of sp³-hybridized carbons (Fsp3) is 0.576. The number of imidazole rings is 1. The van der Waals surface area contributed by atoms with E-state index in [1.54, 1.807) is 12.3 Å². The lowest BCUT2D eigenvalue weighted by Crippen LogP contribution is -2.43. The highest BCUT2D eigenvalue weighted by Crippen LogP contribution is 2.37. The molecule has 11 heteroatoms. The van der Waals surface area contributed by atoms with Gasteiger partial charge in [0.1, 0.15) is 17.9 Å². The third-order valence-corrected chi connectivity index (χ3v) is 8.97. The maximum absolute atomic E-state index is 13.8. The Balaban J connectivity index is 1.32. The molecule has 0 unspecified atom stereocenters. The molecule has 0 spiro atoms. The molecule has 3 heterocycles. The molecule has 5 rings (SSSR count). The normalized spacial score (nSPS) is 20.2. The van der Waals surface area contributed by atoms with E-state index in [1.807, 2.05) is 38.3 Å². The summed E-state index contributed by atoms with van der Waals surface area (Å²) in [5, 5.41) is 16.2. The predicted octanol–water partition coefficient (Wildman–Crippen LogP) is 4.94. The van der Waals surface area contributed by atoms with Crippen LogP contribution in [0.25, 0.3) is 11.0 Å². The van der Waals surface area contributed by atoms with Gasteiger partial charge in [-0.25, -0.2) is 14.4 Å². The van der Waals surface area contributed by atoms with Crippen LogP contribution in [0, 0.1) is 17.7 Å². The number of likely N-dealkylation sites (tertiary alicyclic amines) is 1. The number of aromatic nitrogens is 3. The molecule has 2 fully saturated rings. The highest BCUT2D eigenvalue weighted by molar-refractivity contribution is 6.04. The van der Waals surface area contributed by atoms with Gasteiger partial charge in [-0.3, -0.25) is 19.8 Å². The Morgan fingerprint density at radius 3 is 2.50 bits per heavy atom. The number of carbonyl (C=O) groups is 2. The smallest absolute Gasteiger partial charge is 0.258 e. The fourth-order valence-corrected chi connectivity index (χ4v) is 6.46. The van der Waals surface area contributed by atoms with Crippen molar-refractivity contribution in [1.82, 2.24) is 24.8 Å². The molecule has 1 saturated heterocycles. The average Bonchev–Trinajstić information content (AvgIpc) is 3.33. The van der Waals surface area contributed by atoms with Crippen molar-refractivity contribution in [3.63, 3.8) is 0 Å². The van der Waals surface area contributed by atoms with E-state index in [1.165, 1.54) is 18.2 Å². The Hall–Kier alpha value is -3.57. The van der Waals surface area contributed by atoms with Crippen LogP contribution < -0.4 is 15.4 Å². The molecule has 1 aliphatic heterocycles. The Kier molecular flexibility index (Phi) is 9.84. The summed E-state index contributed by atoms with van der Waals surface area (Å²) in [7, 11) is 0. The Morgan fingerprint density at radius 1 is 1.11 bits per heavy atom. The number of hydrogen-bond acceptors (Lipinski definition) is 7. The molecule has 238 valence electrons. The molecule has 1 aromatic carbocycles. The number of nitrogens with one attached hydrogen (secondary N) is 2. The first-order valence-electron chi connectivity index (χ1n) is 15.8. The van der Waals surface area contributed by atoms with Gasteiger partial charge in [0, 0.05) is 36.2 Å². The number of nitrogens with zero attached hydrogens (tertiary/aromatic N) is 4. The highest BCUT2D eigenvalue weighted by atomic mass is 19.1. The van der Waals surface area contributed by atoms with Gasteiger partial charge < -0.3 is 19.7 Å². The van der Waals surface area contributed by atoms with E-state index in [9.17, 15) is 19.1 Å². The van der Waals surface area contributed by atoms with Gasteiger partial charge in [0.15, 0.2) is 0 Å². The van der Waals surface area contributed by atoms with Crippen molar-refractivity contribution >= 4 is 28.8 Å². The molecule has 0 atom stereocenters. The molecule has 2 aromatic heterocycles. The molecule has 1 saturated carbocycles. The van der Waals surface area contributed by atoms with Crippen LogP contribution in [0.2, 0.25) is 0 Å². The van der Waals surface area contributed by atoms with E-state index in [2.05, 4.69) is 20.5 Å². The van der Waals surface area contributed by atoms with Gasteiger partial charge in [-0.2, -0.15) is 0 Å². The van der Waals surface area contributed by atoms with Crippen molar-refractivity contribution < 1.29 is 23.8 Å². The van der Waals surface area contributed by atoms with E-state index in [0.29, 0.717) is 29.9 Å².